The Labute approximate surface area is 130 Å². The van der Waals surface area contributed by atoms with Crippen molar-refractivity contribution in [3.63, 3.8) is 0 Å². The number of hydrogen-bond donors (Lipinski definition) is 1. The Kier molecular flexibility index (Phi) is 4.68. The fourth-order valence-corrected chi connectivity index (χ4v) is 2.72. The van der Waals surface area contributed by atoms with E-state index in [0.29, 0.717) is 11.6 Å². The lowest BCUT2D eigenvalue weighted by Crippen LogP contribution is -2.17. The lowest BCUT2D eigenvalue weighted by Gasteiger charge is -2.21. The minimum Gasteiger partial charge on any atom is -0.478 e. The highest BCUT2D eigenvalue weighted by Gasteiger charge is 2.10. The van der Waals surface area contributed by atoms with Gasteiger partial charge >= 0.3 is 5.97 Å². The molecule has 3 nitrogen and oxygen atoms in total. The minimum atomic E-state index is -0.979. The zero-order valence-corrected chi connectivity index (χ0v) is 13.1. The molecule has 0 unspecified atom stereocenters. The number of carboxylic acids is 1. The molecule has 0 saturated heterocycles. The van der Waals surface area contributed by atoms with Gasteiger partial charge < -0.3 is 10.0 Å². The fraction of sp³-hybridized carbons (Fsp3) is 0.133. The smallest absolute Gasteiger partial charge is 0.335 e. The van der Waals surface area contributed by atoms with Gasteiger partial charge in [-0.3, -0.25) is 0 Å². The molecule has 0 radical (unpaired) electrons. The third-order valence-electron chi connectivity index (χ3n) is 2.91. The Morgan fingerprint density at radius 3 is 2.65 bits per heavy atom. The van der Waals surface area contributed by atoms with Crippen LogP contribution in [-0.2, 0) is 6.54 Å². The predicted molar refractivity (Wildman–Crippen MR) is 84.7 cm³/mol. The molecule has 0 spiro atoms. The fourth-order valence-electron chi connectivity index (χ4n) is 1.94. The number of nitrogens with zero attached hydrogens (tertiary/aromatic N) is 1. The predicted octanol–water partition coefficient (Wildman–Crippen LogP) is 4.44. The van der Waals surface area contributed by atoms with E-state index >= 15 is 0 Å². The van der Waals surface area contributed by atoms with Gasteiger partial charge in [-0.25, -0.2) is 4.79 Å². The maximum absolute atomic E-state index is 10.9. The molecule has 2 rings (SSSR count). The molecule has 0 aliphatic rings. The molecule has 0 heterocycles. The maximum atomic E-state index is 10.9. The normalized spacial score (nSPS) is 10.3. The summed E-state index contributed by atoms with van der Waals surface area (Å²) in [5.74, 6) is -0.979. The van der Waals surface area contributed by atoms with Gasteiger partial charge in [-0.15, -0.1) is 0 Å². The highest BCUT2D eigenvalue weighted by molar-refractivity contribution is 9.10. The number of anilines is 1. The van der Waals surface area contributed by atoms with E-state index in [1.165, 1.54) is 6.07 Å². The van der Waals surface area contributed by atoms with Crippen LogP contribution in [0.4, 0.5) is 5.69 Å². The first-order valence-corrected chi connectivity index (χ1v) is 7.13. The van der Waals surface area contributed by atoms with Crippen LogP contribution in [0.1, 0.15) is 15.9 Å². The zero-order chi connectivity index (χ0) is 14.7. The van der Waals surface area contributed by atoms with Crippen LogP contribution in [0.5, 0.6) is 0 Å². The van der Waals surface area contributed by atoms with Crippen molar-refractivity contribution < 1.29 is 9.90 Å². The summed E-state index contributed by atoms with van der Waals surface area (Å²) in [6.45, 7) is 0.686. The average molecular weight is 355 g/mol. The van der Waals surface area contributed by atoms with Crippen LogP contribution in [0.25, 0.3) is 0 Å². The number of rotatable bonds is 4. The summed E-state index contributed by atoms with van der Waals surface area (Å²) in [7, 11) is 1.92. The van der Waals surface area contributed by atoms with Crippen LogP contribution in [0.15, 0.2) is 46.9 Å². The Balaban J connectivity index is 2.21. The third kappa shape index (κ3) is 3.52. The summed E-state index contributed by atoms with van der Waals surface area (Å²) in [6.07, 6.45) is 0. The van der Waals surface area contributed by atoms with Crippen molar-refractivity contribution in [3.05, 3.63) is 63.1 Å². The van der Waals surface area contributed by atoms with E-state index in [2.05, 4.69) is 15.9 Å². The second kappa shape index (κ2) is 6.29. The summed E-state index contributed by atoms with van der Waals surface area (Å²) in [5, 5.41) is 9.36. The van der Waals surface area contributed by atoms with Crippen LogP contribution < -0.4 is 4.90 Å². The van der Waals surface area contributed by atoms with E-state index in [1.54, 1.807) is 12.1 Å². The third-order valence-corrected chi connectivity index (χ3v) is 3.71. The Morgan fingerprint density at radius 1 is 1.30 bits per heavy atom. The van der Waals surface area contributed by atoms with Crippen molar-refractivity contribution in [1.82, 2.24) is 0 Å². The molecule has 2 aromatic rings. The summed E-state index contributed by atoms with van der Waals surface area (Å²) in [5.41, 5.74) is 2.13. The lowest BCUT2D eigenvalue weighted by molar-refractivity contribution is 0.0697. The molecular formula is C15H13BrClNO2. The average Bonchev–Trinajstić information content (AvgIpc) is 2.38. The largest absolute Gasteiger partial charge is 0.478 e. The van der Waals surface area contributed by atoms with E-state index in [1.807, 2.05) is 36.2 Å². The van der Waals surface area contributed by atoms with Gasteiger partial charge in [-0.05, 0) is 35.9 Å². The number of carbonyl (C=O) groups is 1. The molecule has 0 fully saturated rings. The SMILES string of the molecule is CN(Cc1cccc(Br)c1)c1ccc(C(=O)O)cc1Cl. The van der Waals surface area contributed by atoms with Crippen molar-refractivity contribution in [2.75, 3.05) is 11.9 Å². The van der Waals surface area contributed by atoms with Crippen molar-refractivity contribution >= 4 is 39.2 Å². The molecule has 0 bridgehead atoms. The second-order valence-electron chi connectivity index (χ2n) is 4.46. The number of benzene rings is 2. The summed E-state index contributed by atoms with van der Waals surface area (Å²) >= 11 is 9.59. The van der Waals surface area contributed by atoms with Crippen LogP contribution in [-0.4, -0.2) is 18.1 Å². The minimum absolute atomic E-state index is 0.189. The van der Waals surface area contributed by atoms with Crippen LogP contribution in [0.3, 0.4) is 0 Å². The van der Waals surface area contributed by atoms with E-state index < -0.39 is 5.97 Å². The van der Waals surface area contributed by atoms with Gasteiger partial charge in [0.15, 0.2) is 0 Å². The quantitative estimate of drug-likeness (QED) is 0.882. The summed E-state index contributed by atoms with van der Waals surface area (Å²) in [6, 6.07) is 12.8. The molecular weight excluding hydrogens is 342 g/mol. The van der Waals surface area contributed by atoms with Gasteiger partial charge in [0.2, 0.25) is 0 Å². The van der Waals surface area contributed by atoms with Gasteiger partial charge in [-0.2, -0.15) is 0 Å². The van der Waals surface area contributed by atoms with Gasteiger partial charge in [-0.1, -0.05) is 39.7 Å². The standard InChI is InChI=1S/C15H13BrClNO2/c1-18(9-10-3-2-4-12(16)7-10)14-6-5-11(15(19)20)8-13(14)17/h2-8H,9H2,1H3,(H,19,20). The Morgan fingerprint density at radius 2 is 2.05 bits per heavy atom. The van der Waals surface area contributed by atoms with E-state index in [9.17, 15) is 4.79 Å². The van der Waals surface area contributed by atoms with Gasteiger partial charge in [0.05, 0.1) is 16.3 Å². The van der Waals surface area contributed by atoms with Gasteiger partial charge in [0, 0.05) is 18.1 Å². The highest BCUT2D eigenvalue weighted by Crippen LogP contribution is 2.27. The molecule has 2 aromatic carbocycles. The van der Waals surface area contributed by atoms with E-state index in [4.69, 9.17) is 16.7 Å². The summed E-state index contributed by atoms with van der Waals surface area (Å²) < 4.78 is 1.02. The Hall–Kier alpha value is -1.52. The number of carboxylic acid groups (broad SMARTS) is 1. The van der Waals surface area contributed by atoms with Crippen LogP contribution >= 0.6 is 27.5 Å². The van der Waals surface area contributed by atoms with Gasteiger partial charge in [0.25, 0.3) is 0 Å². The number of halogens is 2. The molecule has 1 N–H and O–H groups in total. The molecule has 0 aromatic heterocycles. The lowest BCUT2D eigenvalue weighted by atomic mass is 10.1. The Bertz CT molecular complexity index is 646. The van der Waals surface area contributed by atoms with Crippen molar-refractivity contribution in [3.8, 4) is 0 Å². The molecule has 0 atom stereocenters. The topological polar surface area (TPSA) is 40.5 Å². The van der Waals surface area contributed by atoms with E-state index in [-0.39, 0.29) is 5.56 Å². The molecule has 5 heteroatoms. The molecule has 0 aliphatic carbocycles. The maximum Gasteiger partial charge on any atom is 0.335 e. The first-order chi connectivity index (χ1) is 9.47. The molecule has 0 aliphatic heterocycles. The number of aromatic carboxylic acids is 1. The molecule has 20 heavy (non-hydrogen) atoms. The monoisotopic (exact) mass is 353 g/mol. The van der Waals surface area contributed by atoms with Crippen LogP contribution in [0.2, 0.25) is 5.02 Å². The first kappa shape index (κ1) is 14.9. The van der Waals surface area contributed by atoms with Gasteiger partial charge in [0.1, 0.15) is 0 Å². The van der Waals surface area contributed by atoms with E-state index in [0.717, 1.165) is 15.7 Å². The summed E-state index contributed by atoms with van der Waals surface area (Å²) in [4.78, 5) is 12.9. The zero-order valence-electron chi connectivity index (χ0n) is 10.8. The molecule has 0 amide bonds. The highest BCUT2D eigenvalue weighted by atomic mass is 79.9. The van der Waals surface area contributed by atoms with Crippen molar-refractivity contribution in [2.24, 2.45) is 0 Å². The molecule has 104 valence electrons. The molecule has 0 saturated carbocycles. The van der Waals surface area contributed by atoms with Crippen molar-refractivity contribution in [2.45, 2.75) is 6.54 Å². The first-order valence-electron chi connectivity index (χ1n) is 5.96. The second-order valence-corrected chi connectivity index (χ2v) is 5.78. The van der Waals surface area contributed by atoms with Crippen molar-refractivity contribution in [1.29, 1.82) is 0 Å². The number of hydrogen-bond acceptors (Lipinski definition) is 2. The van der Waals surface area contributed by atoms with Crippen LogP contribution in [0, 0.1) is 0 Å².